The Labute approximate surface area is 129 Å². The Morgan fingerprint density at radius 2 is 1.81 bits per heavy atom. The number of aromatic nitrogens is 2. The molecule has 1 heterocycles. The summed E-state index contributed by atoms with van der Waals surface area (Å²) in [5, 5.41) is 3.39. The van der Waals surface area contributed by atoms with Gasteiger partial charge in [0.15, 0.2) is 0 Å². The van der Waals surface area contributed by atoms with E-state index >= 15 is 0 Å². The fourth-order valence-corrected chi connectivity index (χ4v) is 2.02. The molecule has 4 nitrogen and oxygen atoms in total. The summed E-state index contributed by atoms with van der Waals surface area (Å²) in [5.74, 6) is 2.44. The van der Waals surface area contributed by atoms with Crippen molar-refractivity contribution in [2.24, 2.45) is 0 Å². The van der Waals surface area contributed by atoms with Crippen LogP contribution in [0.3, 0.4) is 0 Å². The molecule has 0 spiro atoms. The second-order valence-electron chi connectivity index (χ2n) is 6.72. The number of hydrogen-bond donors (Lipinski definition) is 1. The Balaban J connectivity index is 3.14. The first-order chi connectivity index (χ1) is 9.79. The van der Waals surface area contributed by atoms with Gasteiger partial charge in [-0.25, -0.2) is 4.98 Å². The summed E-state index contributed by atoms with van der Waals surface area (Å²) in [4.78, 5) is 9.35. The first kappa shape index (κ1) is 17.7. The Morgan fingerprint density at radius 1 is 1.14 bits per heavy atom. The van der Waals surface area contributed by atoms with Crippen molar-refractivity contribution in [2.45, 2.75) is 79.2 Å². The van der Waals surface area contributed by atoms with Crippen LogP contribution >= 0.6 is 0 Å². The predicted molar refractivity (Wildman–Crippen MR) is 89.2 cm³/mol. The summed E-state index contributed by atoms with van der Waals surface area (Å²) in [6, 6.07) is 0. The summed E-state index contributed by atoms with van der Waals surface area (Å²) in [6.07, 6.45) is 3.39. The number of nitrogens with zero attached hydrogens (tertiary/aromatic N) is 2. The molecule has 0 radical (unpaired) electrons. The van der Waals surface area contributed by atoms with Crippen molar-refractivity contribution in [3.05, 3.63) is 11.4 Å². The highest BCUT2D eigenvalue weighted by molar-refractivity contribution is 5.49. The third-order valence-corrected chi connectivity index (χ3v) is 3.32. The molecule has 0 saturated heterocycles. The summed E-state index contributed by atoms with van der Waals surface area (Å²) in [5.41, 5.74) is 0.905. The lowest BCUT2D eigenvalue weighted by Crippen LogP contribution is -2.21. The van der Waals surface area contributed by atoms with Crippen molar-refractivity contribution < 1.29 is 4.74 Å². The zero-order valence-corrected chi connectivity index (χ0v) is 14.7. The van der Waals surface area contributed by atoms with Gasteiger partial charge in [-0.05, 0) is 26.7 Å². The van der Waals surface area contributed by atoms with E-state index in [2.05, 4.69) is 51.8 Å². The average molecular weight is 293 g/mol. The summed E-state index contributed by atoms with van der Waals surface area (Å²) >= 11 is 0. The van der Waals surface area contributed by atoms with Gasteiger partial charge in [0.2, 0.25) is 5.88 Å². The van der Waals surface area contributed by atoms with E-state index in [1.54, 1.807) is 0 Å². The van der Waals surface area contributed by atoms with Crippen molar-refractivity contribution in [1.29, 1.82) is 0 Å². The van der Waals surface area contributed by atoms with Gasteiger partial charge in [-0.2, -0.15) is 4.98 Å². The minimum atomic E-state index is -0.0948. The molecule has 0 saturated carbocycles. The second kappa shape index (κ2) is 7.62. The molecule has 0 aliphatic rings. The SMILES string of the molecule is CCCNc1nc(C(C)(C)C)nc(OC(C)CCC)c1C. The third kappa shape index (κ3) is 5.18. The number of rotatable bonds is 7. The van der Waals surface area contributed by atoms with E-state index in [0.29, 0.717) is 0 Å². The van der Waals surface area contributed by atoms with Crippen LogP contribution in [0.15, 0.2) is 0 Å². The lowest BCUT2D eigenvalue weighted by molar-refractivity contribution is 0.198. The lowest BCUT2D eigenvalue weighted by Gasteiger charge is -2.22. The molecule has 0 amide bonds. The maximum Gasteiger partial charge on any atom is 0.222 e. The molecule has 1 N–H and O–H groups in total. The first-order valence-corrected chi connectivity index (χ1v) is 8.09. The van der Waals surface area contributed by atoms with E-state index < -0.39 is 0 Å². The maximum absolute atomic E-state index is 6.05. The average Bonchev–Trinajstić information content (AvgIpc) is 2.38. The topological polar surface area (TPSA) is 47.0 Å². The molecule has 120 valence electrons. The molecule has 0 aliphatic carbocycles. The largest absolute Gasteiger partial charge is 0.474 e. The normalized spacial score (nSPS) is 13.1. The van der Waals surface area contributed by atoms with E-state index in [1.807, 2.05) is 6.92 Å². The van der Waals surface area contributed by atoms with Gasteiger partial charge in [-0.1, -0.05) is 41.0 Å². The highest BCUT2D eigenvalue weighted by Gasteiger charge is 2.22. The highest BCUT2D eigenvalue weighted by Crippen LogP contribution is 2.28. The zero-order valence-electron chi connectivity index (χ0n) is 14.7. The molecule has 0 bridgehead atoms. The molecule has 0 aromatic carbocycles. The Hall–Kier alpha value is -1.32. The van der Waals surface area contributed by atoms with Gasteiger partial charge in [-0.15, -0.1) is 0 Å². The Morgan fingerprint density at radius 3 is 2.33 bits per heavy atom. The molecule has 4 heteroatoms. The predicted octanol–water partition coefficient (Wildman–Crippen LogP) is 4.47. The number of hydrogen-bond acceptors (Lipinski definition) is 4. The summed E-state index contributed by atoms with van der Waals surface area (Å²) in [7, 11) is 0. The van der Waals surface area contributed by atoms with Crippen LogP contribution in [0.1, 0.15) is 72.2 Å². The number of anilines is 1. The molecule has 1 rings (SSSR count). The van der Waals surface area contributed by atoms with Gasteiger partial charge < -0.3 is 10.1 Å². The van der Waals surface area contributed by atoms with Crippen molar-refractivity contribution in [2.75, 3.05) is 11.9 Å². The molecule has 1 atom stereocenters. The second-order valence-corrected chi connectivity index (χ2v) is 6.72. The minimum absolute atomic E-state index is 0.0948. The lowest BCUT2D eigenvalue weighted by atomic mass is 9.95. The van der Waals surface area contributed by atoms with Gasteiger partial charge in [-0.3, -0.25) is 0 Å². The molecular weight excluding hydrogens is 262 g/mol. The standard InChI is InChI=1S/C17H31N3O/c1-8-10-12(3)21-15-13(4)14(18-11-9-2)19-16(20-15)17(5,6)7/h12H,8-11H2,1-7H3,(H,18,19,20). The number of ether oxygens (including phenoxy) is 1. The van der Waals surface area contributed by atoms with Crippen LogP contribution < -0.4 is 10.1 Å². The first-order valence-electron chi connectivity index (χ1n) is 8.09. The van der Waals surface area contributed by atoms with Gasteiger partial charge in [0, 0.05) is 12.0 Å². The van der Waals surface area contributed by atoms with Crippen LogP contribution in [-0.4, -0.2) is 22.6 Å². The van der Waals surface area contributed by atoms with Gasteiger partial charge >= 0.3 is 0 Å². The monoisotopic (exact) mass is 293 g/mol. The minimum Gasteiger partial charge on any atom is -0.474 e. The van der Waals surface area contributed by atoms with Crippen LogP contribution in [0, 0.1) is 6.92 Å². The Bertz CT molecular complexity index is 452. The van der Waals surface area contributed by atoms with Crippen molar-refractivity contribution in [3.63, 3.8) is 0 Å². The maximum atomic E-state index is 6.05. The summed E-state index contributed by atoms with van der Waals surface area (Å²) < 4.78 is 6.05. The molecule has 0 aliphatic heterocycles. The summed E-state index contributed by atoms with van der Waals surface area (Å²) in [6.45, 7) is 15.7. The fourth-order valence-electron chi connectivity index (χ4n) is 2.02. The zero-order chi connectivity index (χ0) is 16.0. The van der Waals surface area contributed by atoms with Gasteiger partial charge in [0.05, 0.1) is 11.7 Å². The molecule has 21 heavy (non-hydrogen) atoms. The van der Waals surface area contributed by atoms with Gasteiger partial charge in [0.25, 0.3) is 0 Å². The number of nitrogens with one attached hydrogen (secondary N) is 1. The molecular formula is C17H31N3O. The van der Waals surface area contributed by atoms with Crippen LogP contribution in [0.4, 0.5) is 5.82 Å². The van der Waals surface area contributed by atoms with Crippen molar-refractivity contribution in [1.82, 2.24) is 9.97 Å². The van der Waals surface area contributed by atoms with Crippen LogP contribution in [0.25, 0.3) is 0 Å². The van der Waals surface area contributed by atoms with Gasteiger partial charge in [0.1, 0.15) is 11.6 Å². The molecule has 1 aromatic rings. The van der Waals surface area contributed by atoms with Crippen LogP contribution in [0.2, 0.25) is 0 Å². The van der Waals surface area contributed by atoms with E-state index in [0.717, 1.165) is 48.9 Å². The fraction of sp³-hybridized carbons (Fsp3) is 0.765. The van der Waals surface area contributed by atoms with E-state index in [-0.39, 0.29) is 11.5 Å². The molecule has 1 aromatic heterocycles. The van der Waals surface area contributed by atoms with E-state index in [9.17, 15) is 0 Å². The molecule has 0 fully saturated rings. The Kier molecular flexibility index (Phi) is 6.43. The van der Waals surface area contributed by atoms with Crippen LogP contribution in [0.5, 0.6) is 5.88 Å². The molecule has 1 unspecified atom stereocenters. The van der Waals surface area contributed by atoms with Crippen LogP contribution in [-0.2, 0) is 5.41 Å². The quantitative estimate of drug-likeness (QED) is 0.805. The van der Waals surface area contributed by atoms with E-state index in [4.69, 9.17) is 9.72 Å². The van der Waals surface area contributed by atoms with E-state index in [1.165, 1.54) is 0 Å². The van der Waals surface area contributed by atoms with Crippen molar-refractivity contribution >= 4 is 5.82 Å². The smallest absolute Gasteiger partial charge is 0.222 e. The van der Waals surface area contributed by atoms with Crippen molar-refractivity contribution in [3.8, 4) is 5.88 Å². The highest BCUT2D eigenvalue weighted by atomic mass is 16.5. The third-order valence-electron chi connectivity index (χ3n) is 3.32.